The lowest BCUT2D eigenvalue weighted by molar-refractivity contribution is -0.163. The van der Waals surface area contributed by atoms with Crippen LogP contribution in [0.2, 0.25) is 0 Å². The summed E-state index contributed by atoms with van der Waals surface area (Å²) in [4.78, 5) is 11.3. The van der Waals surface area contributed by atoms with Gasteiger partial charge in [-0.3, -0.25) is 0 Å². The lowest BCUT2D eigenvalue weighted by Gasteiger charge is -2.35. The molecule has 0 amide bonds. The van der Waals surface area contributed by atoms with Crippen LogP contribution in [0.5, 0.6) is 0 Å². The van der Waals surface area contributed by atoms with Crippen LogP contribution in [0, 0.1) is 0 Å². The molecule has 0 saturated heterocycles. The Morgan fingerprint density at radius 2 is 1.24 bits per heavy atom. The summed E-state index contributed by atoms with van der Waals surface area (Å²) in [5, 5.41) is 19.5. The topological polar surface area (TPSA) is 92.8 Å². The van der Waals surface area contributed by atoms with E-state index in [4.69, 9.17) is 10.5 Å². The lowest BCUT2D eigenvalue weighted by Crippen LogP contribution is -2.47. The monoisotopic (exact) mass is 393 g/mol. The second-order valence-electron chi connectivity index (χ2n) is 6.61. The fourth-order valence-electron chi connectivity index (χ4n) is 3.13. The Labute approximate surface area is 171 Å². The third-order valence-corrected chi connectivity index (χ3v) is 4.67. The first kappa shape index (κ1) is 22.3. The van der Waals surface area contributed by atoms with E-state index in [1.165, 1.54) is 12.7 Å². The van der Waals surface area contributed by atoms with Crippen LogP contribution in [0.4, 0.5) is 0 Å². The molecule has 0 heterocycles. The van der Waals surface area contributed by atoms with Crippen molar-refractivity contribution in [1.29, 1.82) is 0 Å². The van der Waals surface area contributed by atoms with Crippen molar-refractivity contribution in [3.05, 3.63) is 108 Å². The average molecular weight is 393 g/mol. The van der Waals surface area contributed by atoms with Gasteiger partial charge < -0.3 is 20.7 Å². The van der Waals surface area contributed by atoms with Gasteiger partial charge in [0.25, 0.3) is 0 Å². The molecule has 0 aliphatic carbocycles. The molecule has 5 nitrogen and oxygen atoms in total. The molecule has 0 saturated carbocycles. The second-order valence-corrected chi connectivity index (χ2v) is 6.61. The SMILES string of the molecule is COC(c1ccccc1)(c1ccccc1)[C@H](O)C(=O)O.C[C@@H](N)c1ccccc1. The van der Waals surface area contributed by atoms with E-state index in [1.807, 2.05) is 49.4 Å². The summed E-state index contributed by atoms with van der Waals surface area (Å²) >= 11 is 0. The standard InChI is InChI=1S/C16H16O4.C8H11N/c1-20-16(14(17)15(18)19,12-8-4-2-5-9-12)13-10-6-3-7-11-13;1-7(9)8-5-3-2-4-6-8/h2-11,14,17H,1H3,(H,18,19);2-7H,9H2,1H3/t14-;7-/m11/s1. The summed E-state index contributed by atoms with van der Waals surface area (Å²) in [6.45, 7) is 1.98. The van der Waals surface area contributed by atoms with Gasteiger partial charge in [-0.15, -0.1) is 0 Å². The minimum Gasteiger partial charge on any atom is -0.479 e. The molecule has 3 aromatic rings. The summed E-state index contributed by atoms with van der Waals surface area (Å²) in [5.41, 5.74) is 6.54. The van der Waals surface area contributed by atoms with Crippen LogP contribution in [0.3, 0.4) is 0 Å². The van der Waals surface area contributed by atoms with Gasteiger partial charge in [0.15, 0.2) is 11.7 Å². The van der Waals surface area contributed by atoms with Crippen LogP contribution < -0.4 is 5.73 Å². The maximum absolute atomic E-state index is 11.3. The number of hydrogen-bond acceptors (Lipinski definition) is 4. The molecule has 0 aliphatic heterocycles. The van der Waals surface area contributed by atoms with Gasteiger partial charge in [0.05, 0.1) is 0 Å². The zero-order valence-corrected chi connectivity index (χ0v) is 16.6. The van der Waals surface area contributed by atoms with Crippen molar-refractivity contribution in [3.63, 3.8) is 0 Å². The molecule has 3 aromatic carbocycles. The number of rotatable bonds is 6. The van der Waals surface area contributed by atoms with E-state index < -0.39 is 17.7 Å². The highest BCUT2D eigenvalue weighted by atomic mass is 16.5. The number of carboxylic acids is 1. The van der Waals surface area contributed by atoms with Gasteiger partial charge in [-0.25, -0.2) is 4.79 Å². The smallest absolute Gasteiger partial charge is 0.336 e. The number of hydrogen-bond donors (Lipinski definition) is 3. The van der Waals surface area contributed by atoms with Crippen LogP contribution in [0.15, 0.2) is 91.0 Å². The van der Waals surface area contributed by atoms with Gasteiger partial charge in [0.1, 0.15) is 0 Å². The Balaban J connectivity index is 0.000000278. The molecule has 0 bridgehead atoms. The molecular formula is C24H27NO4. The normalized spacial score (nSPS) is 13.0. The minimum atomic E-state index is -1.71. The first-order valence-electron chi connectivity index (χ1n) is 9.31. The maximum atomic E-state index is 11.3. The first-order valence-corrected chi connectivity index (χ1v) is 9.31. The number of benzene rings is 3. The molecule has 3 rings (SSSR count). The fraction of sp³-hybridized carbons (Fsp3) is 0.208. The zero-order valence-electron chi connectivity index (χ0n) is 16.6. The second kappa shape index (κ2) is 10.5. The number of ether oxygens (including phenoxy) is 1. The number of aliphatic hydroxyl groups is 1. The summed E-state index contributed by atoms with van der Waals surface area (Å²) in [6, 6.07) is 27.9. The van der Waals surface area contributed by atoms with Crippen molar-refractivity contribution >= 4 is 5.97 Å². The minimum absolute atomic E-state index is 0.159. The zero-order chi connectivity index (χ0) is 21.3. The van der Waals surface area contributed by atoms with Gasteiger partial charge >= 0.3 is 5.97 Å². The van der Waals surface area contributed by atoms with Crippen LogP contribution >= 0.6 is 0 Å². The Hall–Kier alpha value is -2.99. The highest BCUT2D eigenvalue weighted by Crippen LogP contribution is 2.36. The highest BCUT2D eigenvalue weighted by Gasteiger charge is 2.45. The molecule has 0 fully saturated rings. The summed E-state index contributed by atoms with van der Waals surface area (Å²) in [5.74, 6) is -1.33. The largest absolute Gasteiger partial charge is 0.479 e. The molecule has 0 aromatic heterocycles. The number of aliphatic hydroxyl groups excluding tert-OH is 1. The van der Waals surface area contributed by atoms with Gasteiger partial charge in [0, 0.05) is 13.2 Å². The molecule has 0 radical (unpaired) electrons. The quantitative estimate of drug-likeness (QED) is 0.593. The Kier molecular flexibility index (Phi) is 8.09. The van der Waals surface area contributed by atoms with E-state index in [-0.39, 0.29) is 6.04 Å². The first-order chi connectivity index (χ1) is 13.9. The van der Waals surface area contributed by atoms with E-state index in [0.29, 0.717) is 11.1 Å². The molecule has 0 spiro atoms. The number of carboxylic acid groups (broad SMARTS) is 1. The molecule has 5 heteroatoms. The van der Waals surface area contributed by atoms with E-state index >= 15 is 0 Å². The molecule has 0 unspecified atom stereocenters. The van der Waals surface area contributed by atoms with E-state index in [2.05, 4.69) is 0 Å². The molecule has 152 valence electrons. The average Bonchev–Trinajstić information content (AvgIpc) is 2.77. The fourth-order valence-corrected chi connectivity index (χ4v) is 3.13. The highest BCUT2D eigenvalue weighted by molar-refractivity contribution is 5.75. The number of aliphatic carboxylic acids is 1. The lowest BCUT2D eigenvalue weighted by atomic mass is 9.81. The number of carbonyl (C=O) groups is 1. The molecule has 2 atom stereocenters. The Bertz CT molecular complexity index is 828. The summed E-state index contributed by atoms with van der Waals surface area (Å²) in [7, 11) is 1.40. The van der Waals surface area contributed by atoms with Crippen molar-refractivity contribution in [2.45, 2.75) is 24.7 Å². The van der Waals surface area contributed by atoms with Crippen molar-refractivity contribution < 1.29 is 19.7 Å². The van der Waals surface area contributed by atoms with Gasteiger partial charge in [0.2, 0.25) is 0 Å². The van der Waals surface area contributed by atoms with Crippen molar-refractivity contribution in [2.75, 3.05) is 7.11 Å². The molecule has 29 heavy (non-hydrogen) atoms. The molecular weight excluding hydrogens is 366 g/mol. The summed E-state index contributed by atoms with van der Waals surface area (Å²) in [6.07, 6.45) is -1.71. The van der Waals surface area contributed by atoms with E-state index in [9.17, 15) is 15.0 Å². The third kappa shape index (κ3) is 5.29. The summed E-state index contributed by atoms with van der Waals surface area (Å²) < 4.78 is 5.50. The number of methoxy groups -OCH3 is 1. The van der Waals surface area contributed by atoms with E-state index in [1.54, 1.807) is 48.5 Å². The van der Waals surface area contributed by atoms with Gasteiger partial charge in [-0.1, -0.05) is 91.0 Å². The Morgan fingerprint density at radius 1 is 0.862 bits per heavy atom. The van der Waals surface area contributed by atoms with Crippen LogP contribution in [0.25, 0.3) is 0 Å². The van der Waals surface area contributed by atoms with Gasteiger partial charge in [-0.05, 0) is 23.6 Å². The predicted molar refractivity (Wildman–Crippen MR) is 113 cm³/mol. The van der Waals surface area contributed by atoms with Crippen molar-refractivity contribution in [1.82, 2.24) is 0 Å². The van der Waals surface area contributed by atoms with Crippen LogP contribution in [-0.4, -0.2) is 29.4 Å². The van der Waals surface area contributed by atoms with Crippen molar-refractivity contribution in [2.24, 2.45) is 5.73 Å². The maximum Gasteiger partial charge on any atom is 0.336 e. The van der Waals surface area contributed by atoms with E-state index in [0.717, 1.165) is 0 Å². The van der Waals surface area contributed by atoms with Crippen LogP contribution in [0.1, 0.15) is 29.7 Å². The van der Waals surface area contributed by atoms with Gasteiger partial charge in [-0.2, -0.15) is 0 Å². The predicted octanol–water partition coefficient (Wildman–Crippen LogP) is 3.73. The van der Waals surface area contributed by atoms with Crippen LogP contribution in [-0.2, 0) is 15.1 Å². The van der Waals surface area contributed by atoms with Crippen molar-refractivity contribution in [3.8, 4) is 0 Å². The third-order valence-electron chi connectivity index (χ3n) is 4.67. The molecule has 4 N–H and O–H groups in total. The number of nitrogens with two attached hydrogens (primary N) is 1. The Morgan fingerprint density at radius 3 is 1.52 bits per heavy atom. The molecule has 0 aliphatic rings.